The van der Waals surface area contributed by atoms with Crippen LogP contribution in [0.2, 0.25) is 0 Å². The van der Waals surface area contributed by atoms with Crippen molar-refractivity contribution >= 4 is 5.91 Å². The molecule has 0 fully saturated rings. The molecule has 1 aromatic rings. The zero-order valence-electron chi connectivity index (χ0n) is 12.3. The molecule has 1 atom stereocenters. The number of rotatable bonds is 5. The van der Waals surface area contributed by atoms with Crippen LogP contribution in [0.4, 0.5) is 0 Å². The number of nitrogens with one attached hydrogen (secondary N) is 2. The topological polar surface area (TPSA) is 61.4 Å². The van der Waals surface area contributed by atoms with Crippen LogP contribution in [0.15, 0.2) is 18.2 Å². The number of aryl methyl sites for hydroxylation is 1. The van der Waals surface area contributed by atoms with E-state index in [1.807, 2.05) is 26.0 Å². The summed E-state index contributed by atoms with van der Waals surface area (Å²) in [6.45, 7) is 4.62. The number of hydrogen-bond acceptors (Lipinski definition) is 3. The minimum absolute atomic E-state index is 0.0919. The van der Waals surface area contributed by atoms with Crippen molar-refractivity contribution in [2.75, 3.05) is 6.54 Å². The van der Waals surface area contributed by atoms with E-state index in [2.05, 4.69) is 10.6 Å². The summed E-state index contributed by atoms with van der Waals surface area (Å²) in [6, 6.07) is 6.08. The van der Waals surface area contributed by atoms with Crippen molar-refractivity contribution in [3.63, 3.8) is 0 Å². The molecule has 4 nitrogen and oxygen atoms in total. The van der Waals surface area contributed by atoms with Crippen LogP contribution >= 0.6 is 0 Å². The minimum atomic E-state index is 0.0919. The second kappa shape index (κ2) is 6.75. The van der Waals surface area contributed by atoms with Gasteiger partial charge in [0.05, 0.1) is 0 Å². The second-order valence-electron chi connectivity index (χ2n) is 5.75. The van der Waals surface area contributed by atoms with Crippen LogP contribution in [0, 0.1) is 0 Å². The Hall–Kier alpha value is -1.55. The zero-order valence-corrected chi connectivity index (χ0v) is 12.3. The fraction of sp³-hybridized carbons (Fsp3) is 0.562. The summed E-state index contributed by atoms with van der Waals surface area (Å²) in [6.07, 6.45) is 3.73. The van der Waals surface area contributed by atoms with Crippen molar-refractivity contribution in [3.8, 4) is 5.75 Å². The first kappa shape index (κ1) is 14.9. The lowest BCUT2D eigenvalue weighted by Gasteiger charge is -2.26. The smallest absolute Gasteiger partial charge is 0.221 e. The first-order chi connectivity index (χ1) is 9.56. The van der Waals surface area contributed by atoms with Crippen molar-refractivity contribution in [2.24, 2.45) is 0 Å². The number of fused-ring (bicyclic) bond motifs is 1. The summed E-state index contributed by atoms with van der Waals surface area (Å²) in [5.74, 6) is 0.426. The largest absolute Gasteiger partial charge is 0.508 e. The molecule has 1 aliphatic carbocycles. The average Bonchev–Trinajstić information content (AvgIpc) is 2.37. The molecule has 0 heterocycles. The quantitative estimate of drug-likeness (QED) is 0.773. The van der Waals surface area contributed by atoms with E-state index in [-0.39, 0.29) is 11.9 Å². The fourth-order valence-electron chi connectivity index (χ4n) is 2.77. The van der Waals surface area contributed by atoms with Gasteiger partial charge in [0.25, 0.3) is 0 Å². The van der Waals surface area contributed by atoms with Gasteiger partial charge in [0.2, 0.25) is 5.91 Å². The summed E-state index contributed by atoms with van der Waals surface area (Å²) >= 11 is 0. The Morgan fingerprint density at radius 1 is 1.45 bits per heavy atom. The van der Waals surface area contributed by atoms with Crippen LogP contribution in [0.5, 0.6) is 5.75 Å². The van der Waals surface area contributed by atoms with Gasteiger partial charge in [-0.1, -0.05) is 6.07 Å². The molecule has 2 rings (SSSR count). The maximum Gasteiger partial charge on any atom is 0.221 e. The van der Waals surface area contributed by atoms with Gasteiger partial charge in [0.1, 0.15) is 5.75 Å². The van der Waals surface area contributed by atoms with Crippen LogP contribution in [0.25, 0.3) is 0 Å². The lowest BCUT2D eigenvalue weighted by molar-refractivity contribution is -0.121. The predicted octanol–water partition coefficient (Wildman–Crippen LogP) is 2.27. The molecule has 0 spiro atoms. The molecule has 110 valence electrons. The third-order valence-electron chi connectivity index (χ3n) is 3.63. The highest BCUT2D eigenvalue weighted by molar-refractivity contribution is 5.76. The van der Waals surface area contributed by atoms with Gasteiger partial charge in [-0.3, -0.25) is 4.79 Å². The van der Waals surface area contributed by atoms with E-state index in [0.717, 1.165) is 19.3 Å². The monoisotopic (exact) mass is 276 g/mol. The lowest BCUT2D eigenvalue weighted by Crippen LogP contribution is -2.34. The number of carbonyl (C=O) groups excluding carboxylic acids is 1. The molecular formula is C16H24N2O2. The number of phenolic OH excluding ortho intramolecular Hbond substituents is 1. The highest BCUT2D eigenvalue weighted by Crippen LogP contribution is 2.31. The Labute approximate surface area is 120 Å². The minimum Gasteiger partial charge on any atom is -0.508 e. The van der Waals surface area contributed by atoms with Gasteiger partial charge in [-0.25, -0.2) is 0 Å². The lowest BCUT2D eigenvalue weighted by atomic mass is 9.87. The number of aromatic hydroxyl groups is 1. The molecule has 0 radical (unpaired) electrons. The van der Waals surface area contributed by atoms with Gasteiger partial charge in [-0.2, -0.15) is 0 Å². The molecule has 1 unspecified atom stereocenters. The van der Waals surface area contributed by atoms with E-state index in [4.69, 9.17) is 0 Å². The number of phenols is 1. The number of amides is 1. The van der Waals surface area contributed by atoms with Gasteiger partial charge in [0, 0.05) is 25.0 Å². The molecule has 3 N–H and O–H groups in total. The van der Waals surface area contributed by atoms with E-state index >= 15 is 0 Å². The van der Waals surface area contributed by atoms with Gasteiger partial charge in [-0.05, 0) is 56.4 Å². The molecule has 1 aromatic carbocycles. The molecular weight excluding hydrogens is 252 g/mol. The molecule has 0 saturated heterocycles. The molecule has 1 aliphatic rings. The van der Waals surface area contributed by atoms with Crippen LogP contribution in [0.1, 0.15) is 50.3 Å². The second-order valence-corrected chi connectivity index (χ2v) is 5.75. The standard InChI is InChI=1S/C16H24N2O2/c1-11(2)18-16(20)8-9-17-15-5-3-4-12-10-13(19)6-7-14(12)15/h6-7,10-11,15,17,19H,3-5,8-9H2,1-2H3,(H,18,20). The Balaban J connectivity index is 1.87. The first-order valence-electron chi connectivity index (χ1n) is 7.41. The molecule has 4 heteroatoms. The highest BCUT2D eigenvalue weighted by Gasteiger charge is 2.20. The van der Waals surface area contributed by atoms with Crippen LogP contribution in [-0.4, -0.2) is 23.6 Å². The van der Waals surface area contributed by atoms with Gasteiger partial charge >= 0.3 is 0 Å². The van der Waals surface area contributed by atoms with Crippen LogP contribution in [-0.2, 0) is 11.2 Å². The maximum absolute atomic E-state index is 11.6. The Kier molecular flexibility index (Phi) is 5.01. The number of hydrogen-bond donors (Lipinski definition) is 3. The summed E-state index contributed by atoms with van der Waals surface area (Å²) < 4.78 is 0. The number of benzene rings is 1. The molecule has 0 saturated carbocycles. The van der Waals surface area contributed by atoms with Gasteiger partial charge in [0.15, 0.2) is 0 Å². The SMILES string of the molecule is CC(C)NC(=O)CCNC1CCCc2cc(O)ccc21. The molecule has 20 heavy (non-hydrogen) atoms. The summed E-state index contributed by atoms with van der Waals surface area (Å²) in [4.78, 5) is 11.6. The third-order valence-corrected chi connectivity index (χ3v) is 3.63. The summed E-state index contributed by atoms with van der Waals surface area (Å²) in [7, 11) is 0. The van der Waals surface area contributed by atoms with Crippen molar-refractivity contribution in [1.29, 1.82) is 0 Å². The summed E-state index contributed by atoms with van der Waals surface area (Å²) in [5, 5.41) is 15.9. The van der Waals surface area contributed by atoms with E-state index in [1.54, 1.807) is 6.07 Å². The maximum atomic E-state index is 11.6. The van der Waals surface area contributed by atoms with Gasteiger partial charge in [-0.15, -0.1) is 0 Å². The molecule has 0 aromatic heterocycles. The van der Waals surface area contributed by atoms with E-state index < -0.39 is 0 Å². The van der Waals surface area contributed by atoms with Crippen LogP contribution in [0.3, 0.4) is 0 Å². The van der Waals surface area contributed by atoms with Crippen molar-refractivity contribution < 1.29 is 9.90 Å². The number of carbonyl (C=O) groups is 1. The Bertz CT molecular complexity index is 472. The fourth-order valence-corrected chi connectivity index (χ4v) is 2.77. The molecule has 1 amide bonds. The third kappa shape index (κ3) is 3.97. The first-order valence-corrected chi connectivity index (χ1v) is 7.41. The van der Waals surface area contributed by atoms with Crippen molar-refractivity contribution in [2.45, 2.75) is 51.6 Å². The van der Waals surface area contributed by atoms with E-state index in [0.29, 0.717) is 24.8 Å². The molecule has 0 bridgehead atoms. The van der Waals surface area contributed by atoms with Crippen molar-refractivity contribution in [1.82, 2.24) is 10.6 Å². The van der Waals surface area contributed by atoms with E-state index in [9.17, 15) is 9.90 Å². The van der Waals surface area contributed by atoms with E-state index in [1.165, 1.54) is 11.1 Å². The molecule has 0 aliphatic heterocycles. The zero-order chi connectivity index (χ0) is 14.5. The summed E-state index contributed by atoms with van der Waals surface area (Å²) in [5.41, 5.74) is 2.48. The van der Waals surface area contributed by atoms with Crippen LogP contribution < -0.4 is 10.6 Å². The average molecular weight is 276 g/mol. The normalized spacial score (nSPS) is 17.9. The predicted molar refractivity (Wildman–Crippen MR) is 79.7 cm³/mol. The Morgan fingerprint density at radius 3 is 3.00 bits per heavy atom. The van der Waals surface area contributed by atoms with Crippen molar-refractivity contribution in [3.05, 3.63) is 29.3 Å². The Morgan fingerprint density at radius 2 is 2.25 bits per heavy atom. The van der Waals surface area contributed by atoms with Gasteiger partial charge < -0.3 is 15.7 Å². The highest BCUT2D eigenvalue weighted by atomic mass is 16.3.